The molecule has 3 N–H and O–H groups in total. The van der Waals surface area contributed by atoms with Crippen molar-refractivity contribution in [2.45, 2.75) is 32.7 Å². The summed E-state index contributed by atoms with van der Waals surface area (Å²) in [5.74, 6) is 1.96. The highest BCUT2D eigenvalue weighted by Gasteiger charge is 2.30. The molecule has 1 aromatic carbocycles. The van der Waals surface area contributed by atoms with E-state index in [4.69, 9.17) is 0 Å². The van der Waals surface area contributed by atoms with Crippen molar-refractivity contribution in [3.05, 3.63) is 48.2 Å². The van der Waals surface area contributed by atoms with Crippen LogP contribution in [0.2, 0.25) is 0 Å². The maximum atomic E-state index is 12.1. The van der Waals surface area contributed by atoms with E-state index in [1.54, 1.807) is 11.9 Å². The number of carbonyl (C=O) groups excluding carboxylic acids is 1. The van der Waals surface area contributed by atoms with Gasteiger partial charge < -0.3 is 10.3 Å². The summed E-state index contributed by atoms with van der Waals surface area (Å²) in [6, 6.07) is 12.6. The standard InChI is InChI=1S/C21H24N4OS/c1-2-11-27-23-13-14-3-5-15(6-4-14)18-12-19(25-21(26)16-7-8-16)24-20-17(18)9-10-22-20/h3-6,9-10,12,16,23H,2,7-8,11,13H2,1H3,(H2,22,24,25,26). The minimum atomic E-state index is 0.0744. The Bertz CT molecular complexity index is 931. The third-order valence-electron chi connectivity index (χ3n) is 4.68. The molecule has 0 radical (unpaired) electrons. The van der Waals surface area contributed by atoms with E-state index in [-0.39, 0.29) is 11.8 Å². The van der Waals surface area contributed by atoms with Crippen molar-refractivity contribution in [3.63, 3.8) is 0 Å². The molecule has 1 aliphatic carbocycles. The van der Waals surface area contributed by atoms with Crippen molar-refractivity contribution in [2.75, 3.05) is 11.1 Å². The number of rotatable bonds is 8. The fourth-order valence-electron chi connectivity index (χ4n) is 3.03. The summed E-state index contributed by atoms with van der Waals surface area (Å²) < 4.78 is 3.39. The Labute approximate surface area is 163 Å². The Hall–Kier alpha value is -2.31. The third-order valence-corrected chi connectivity index (χ3v) is 5.64. The van der Waals surface area contributed by atoms with E-state index in [1.165, 1.54) is 12.0 Å². The minimum absolute atomic E-state index is 0.0744. The zero-order valence-electron chi connectivity index (χ0n) is 15.4. The molecule has 3 aromatic rings. The Morgan fingerprint density at radius 3 is 2.81 bits per heavy atom. The highest BCUT2D eigenvalue weighted by Crippen LogP contribution is 2.33. The first-order valence-electron chi connectivity index (χ1n) is 9.47. The number of anilines is 1. The first-order chi connectivity index (χ1) is 13.2. The number of nitrogens with zero attached hydrogens (tertiary/aromatic N) is 1. The number of nitrogens with one attached hydrogen (secondary N) is 3. The molecule has 0 spiro atoms. The van der Waals surface area contributed by atoms with E-state index in [2.05, 4.69) is 51.2 Å². The zero-order valence-corrected chi connectivity index (χ0v) is 16.2. The smallest absolute Gasteiger partial charge is 0.228 e. The summed E-state index contributed by atoms with van der Waals surface area (Å²) in [7, 11) is 0. The van der Waals surface area contributed by atoms with Gasteiger partial charge in [0.05, 0.1) is 0 Å². The molecule has 0 bridgehead atoms. The van der Waals surface area contributed by atoms with Crippen LogP contribution in [0.15, 0.2) is 42.6 Å². The monoisotopic (exact) mass is 380 g/mol. The number of benzene rings is 1. The lowest BCUT2D eigenvalue weighted by molar-refractivity contribution is -0.117. The maximum absolute atomic E-state index is 12.1. The van der Waals surface area contributed by atoms with Gasteiger partial charge in [-0.05, 0) is 48.1 Å². The average molecular weight is 381 g/mol. The number of hydrogen-bond acceptors (Lipinski definition) is 4. The molecule has 2 aromatic heterocycles. The molecule has 4 rings (SSSR count). The Morgan fingerprint density at radius 1 is 1.26 bits per heavy atom. The highest BCUT2D eigenvalue weighted by atomic mass is 32.2. The second kappa shape index (κ2) is 8.15. The Balaban J connectivity index is 1.56. The number of amides is 1. The van der Waals surface area contributed by atoms with Crippen LogP contribution in [0.25, 0.3) is 22.2 Å². The van der Waals surface area contributed by atoms with E-state index in [1.807, 2.05) is 18.3 Å². The fourth-order valence-corrected chi connectivity index (χ4v) is 3.64. The molecule has 5 nitrogen and oxygen atoms in total. The number of aromatic amines is 1. The van der Waals surface area contributed by atoms with Gasteiger partial charge in [0.2, 0.25) is 5.91 Å². The van der Waals surface area contributed by atoms with E-state index in [9.17, 15) is 4.79 Å². The van der Waals surface area contributed by atoms with Crippen LogP contribution in [-0.4, -0.2) is 21.6 Å². The summed E-state index contributed by atoms with van der Waals surface area (Å²) >= 11 is 1.76. The molecule has 2 heterocycles. The Morgan fingerprint density at radius 2 is 2.07 bits per heavy atom. The van der Waals surface area contributed by atoms with Crippen molar-refractivity contribution < 1.29 is 4.79 Å². The fraction of sp³-hybridized carbons (Fsp3) is 0.333. The third kappa shape index (κ3) is 4.34. The van der Waals surface area contributed by atoms with Crippen molar-refractivity contribution >= 4 is 34.7 Å². The molecule has 1 fully saturated rings. The normalized spacial score (nSPS) is 13.8. The van der Waals surface area contributed by atoms with Crippen molar-refractivity contribution in [1.29, 1.82) is 0 Å². The summed E-state index contributed by atoms with van der Waals surface area (Å²) in [4.78, 5) is 19.8. The molecule has 1 aliphatic rings. The molecular weight excluding hydrogens is 356 g/mol. The van der Waals surface area contributed by atoms with Gasteiger partial charge in [-0.3, -0.25) is 9.52 Å². The van der Waals surface area contributed by atoms with Crippen molar-refractivity contribution in [1.82, 2.24) is 14.7 Å². The van der Waals surface area contributed by atoms with Gasteiger partial charge in [0.15, 0.2) is 0 Å². The van der Waals surface area contributed by atoms with Gasteiger partial charge in [0.1, 0.15) is 11.5 Å². The molecule has 1 amide bonds. The average Bonchev–Trinajstić information content (AvgIpc) is 3.43. The molecule has 0 atom stereocenters. The van der Waals surface area contributed by atoms with Gasteiger partial charge in [0, 0.05) is 29.8 Å². The summed E-state index contributed by atoms with van der Waals surface area (Å²) in [6.07, 6.45) is 5.02. The molecule has 0 saturated heterocycles. The van der Waals surface area contributed by atoms with Crippen LogP contribution >= 0.6 is 11.9 Å². The first-order valence-corrected chi connectivity index (χ1v) is 10.5. The zero-order chi connectivity index (χ0) is 18.6. The van der Waals surface area contributed by atoms with E-state index < -0.39 is 0 Å². The number of fused-ring (bicyclic) bond motifs is 1. The van der Waals surface area contributed by atoms with Gasteiger partial charge in [-0.15, -0.1) is 0 Å². The van der Waals surface area contributed by atoms with Crippen LogP contribution in [-0.2, 0) is 11.3 Å². The van der Waals surface area contributed by atoms with Crippen molar-refractivity contribution in [2.24, 2.45) is 5.92 Å². The number of carbonyl (C=O) groups is 1. The van der Waals surface area contributed by atoms with Gasteiger partial charge in [0.25, 0.3) is 0 Å². The number of aromatic nitrogens is 2. The molecule has 140 valence electrons. The second-order valence-electron chi connectivity index (χ2n) is 6.93. The van der Waals surface area contributed by atoms with Crippen LogP contribution in [0.5, 0.6) is 0 Å². The number of H-pyrrole nitrogens is 1. The van der Waals surface area contributed by atoms with E-state index in [0.29, 0.717) is 5.82 Å². The quantitative estimate of drug-likeness (QED) is 0.390. The lowest BCUT2D eigenvalue weighted by atomic mass is 10.0. The lowest BCUT2D eigenvalue weighted by Gasteiger charge is -2.10. The molecule has 27 heavy (non-hydrogen) atoms. The van der Waals surface area contributed by atoms with E-state index >= 15 is 0 Å². The first kappa shape index (κ1) is 18.1. The van der Waals surface area contributed by atoms with Crippen LogP contribution in [0.3, 0.4) is 0 Å². The van der Waals surface area contributed by atoms with Crippen LogP contribution in [0.1, 0.15) is 31.7 Å². The summed E-state index contributed by atoms with van der Waals surface area (Å²) in [5, 5.41) is 4.02. The summed E-state index contributed by atoms with van der Waals surface area (Å²) in [5.41, 5.74) is 4.24. The molecule has 1 saturated carbocycles. The SMILES string of the molecule is CCCSNCc1ccc(-c2cc(NC(=O)C3CC3)nc3[nH]ccc23)cc1. The second-order valence-corrected chi connectivity index (χ2v) is 7.91. The van der Waals surface area contributed by atoms with Crippen LogP contribution in [0, 0.1) is 5.92 Å². The predicted molar refractivity (Wildman–Crippen MR) is 112 cm³/mol. The van der Waals surface area contributed by atoms with Gasteiger partial charge in [-0.1, -0.05) is 43.1 Å². The van der Waals surface area contributed by atoms with E-state index in [0.717, 1.165) is 47.3 Å². The summed E-state index contributed by atoms with van der Waals surface area (Å²) in [6.45, 7) is 3.03. The van der Waals surface area contributed by atoms with Gasteiger partial charge in [-0.2, -0.15) is 0 Å². The predicted octanol–water partition coefficient (Wildman–Crippen LogP) is 4.73. The number of hydrogen-bond donors (Lipinski definition) is 3. The molecule has 0 aliphatic heterocycles. The van der Waals surface area contributed by atoms with Crippen LogP contribution < -0.4 is 10.0 Å². The lowest BCUT2D eigenvalue weighted by Crippen LogP contribution is -2.14. The van der Waals surface area contributed by atoms with Crippen molar-refractivity contribution in [3.8, 4) is 11.1 Å². The minimum Gasteiger partial charge on any atom is -0.346 e. The Kier molecular flexibility index (Phi) is 5.45. The van der Waals surface area contributed by atoms with Gasteiger partial charge >= 0.3 is 0 Å². The molecule has 0 unspecified atom stereocenters. The maximum Gasteiger partial charge on any atom is 0.228 e. The van der Waals surface area contributed by atoms with Crippen LogP contribution in [0.4, 0.5) is 5.82 Å². The molecular formula is C21H24N4OS. The highest BCUT2D eigenvalue weighted by molar-refractivity contribution is 7.97. The topological polar surface area (TPSA) is 69.8 Å². The van der Waals surface area contributed by atoms with Gasteiger partial charge in [-0.25, -0.2) is 4.98 Å². The largest absolute Gasteiger partial charge is 0.346 e. The molecule has 6 heteroatoms. The number of pyridine rings is 1.